The Bertz CT molecular complexity index is 2640. The highest BCUT2D eigenvalue weighted by Gasteiger charge is 2.27. The fourth-order valence-electron chi connectivity index (χ4n) is 9.16. The number of ether oxygens (including phenoxy) is 1. The average Bonchev–Trinajstić information content (AvgIpc) is 3.83. The smallest absolute Gasteiger partial charge is 0.151 e. The number of fused-ring (bicyclic) bond motifs is 2. The van der Waals surface area contributed by atoms with E-state index in [-0.39, 0.29) is 34.3 Å². The number of hydrogen-bond donors (Lipinski definition) is 1. The van der Waals surface area contributed by atoms with Crippen LogP contribution in [0.4, 0.5) is 34.8 Å². The number of morpholine rings is 1. The molecule has 3 aromatic carbocycles. The van der Waals surface area contributed by atoms with Gasteiger partial charge in [0.25, 0.3) is 0 Å². The molecule has 16 heteroatoms. The van der Waals surface area contributed by atoms with Crippen LogP contribution in [-0.2, 0) is 30.7 Å². The molecule has 0 spiro atoms. The molecule has 0 atom stereocenters. The summed E-state index contributed by atoms with van der Waals surface area (Å²) in [4.78, 5) is 20.6. The van der Waals surface area contributed by atoms with Gasteiger partial charge in [-0.15, -0.1) is 0 Å². The minimum absolute atomic E-state index is 0.139. The Labute approximate surface area is 380 Å². The van der Waals surface area contributed by atoms with Crippen LogP contribution in [0.5, 0.6) is 0 Å². The van der Waals surface area contributed by atoms with E-state index >= 15 is 0 Å². The number of aryl methyl sites for hydroxylation is 2. The molecule has 0 amide bonds. The number of anilines is 3. The highest BCUT2D eigenvalue weighted by molar-refractivity contribution is 6.31. The summed E-state index contributed by atoms with van der Waals surface area (Å²) < 4.78 is 64.3. The summed E-state index contributed by atoms with van der Waals surface area (Å²) in [5.74, 6) is -1.55. The zero-order chi connectivity index (χ0) is 44.3. The van der Waals surface area contributed by atoms with Gasteiger partial charge in [-0.1, -0.05) is 35.3 Å². The van der Waals surface area contributed by atoms with E-state index in [2.05, 4.69) is 56.4 Å². The van der Waals surface area contributed by atoms with Crippen LogP contribution in [0.25, 0.3) is 22.4 Å². The molecule has 334 valence electrons. The van der Waals surface area contributed by atoms with Gasteiger partial charge in [0.15, 0.2) is 5.82 Å². The SMILES string of the molecule is Cc1c(-c2cccc(N3CCOCC3)c2)cnc2c1N(Cc1c(F)ccc(F)c1Cl)CCC2.Fc1ccc(F)c(CN2CCCc3ncc(-c4cnn(C5CCNCC5)c4)nc32)c1Cl. The summed E-state index contributed by atoms with van der Waals surface area (Å²) in [7, 11) is 0. The normalized spacial score (nSPS) is 16.6. The second kappa shape index (κ2) is 19.4. The topological polar surface area (TPSA) is 87.5 Å². The molecule has 7 heterocycles. The van der Waals surface area contributed by atoms with Gasteiger partial charge in [-0.3, -0.25) is 14.6 Å². The van der Waals surface area contributed by atoms with Gasteiger partial charge in [-0.25, -0.2) is 22.5 Å². The van der Waals surface area contributed by atoms with Crippen LogP contribution in [-0.4, -0.2) is 77.2 Å². The molecule has 2 fully saturated rings. The van der Waals surface area contributed by atoms with Gasteiger partial charge in [-0.2, -0.15) is 5.10 Å². The van der Waals surface area contributed by atoms with Gasteiger partial charge in [0.05, 0.1) is 64.5 Å². The van der Waals surface area contributed by atoms with E-state index in [1.807, 2.05) is 28.2 Å². The zero-order valence-electron chi connectivity index (χ0n) is 35.6. The van der Waals surface area contributed by atoms with Crippen molar-refractivity contribution in [1.29, 1.82) is 0 Å². The summed E-state index contributed by atoms with van der Waals surface area (Å²) in [6, 6.07) is 13.2. The lowest BCUT2D eigenvalue weighted by molar-refractivity contribution is 0.122. The van der Waals surface area contributed by atoms with Crippen molar-refractivity contribution in [3.63, 3.8) is 0 Å². The Kier molecular flexibility index (Phi) is 13.4. The fourth-order valence-corrected chi connectivity index (χ4v) is 9.58. The number of pyridine rings is 1. The monoisotopic (exact) mass is 913 g/mol. The lowest BCUT2D eigenvalue weighted by Gasteiger charge is -2.33. The van der Waals surface area contributed by atoms with Crippen molar-refractivity contribution in [3.05, 3.63) is 135 Å². The highest BCUT2D eigenvalue weighted by Crippen LogP contribution is 2.39. The predicted octanol–water partition coefficient (Wildman–Crippen LogP) is 9.93. The molecule has 4 aliphatic heterocycles. The summed E-state index contributed by atoms with van der Waals surface area (Å²) in [6.45, 7) is 9.03. The maximum absolute atomic E-state index is 14.5. The predicted molar refractivity (Wildman–Crippen MR) is 243 cm³/mol. The summed E-state index contributed by atoms with van der Waals surface area (Å²) in [6.07, 6.45) is 13.1. The van der Waals surface area contributed by atoms with Gasteiger partial charge in [0.2, 0.25) is 0 Å². The molecule has 10 nitrogen and oxygen atoms in total. The van der Waals surface area contributed by atoms with Gasteiger partial charge in [-0.05, 0) is 106 Å². The van der Waals surface area contributed by atoms with Crippen LogP contribution in [0.2, 0.25) is 10.0 Å². The molecule has 0 unspecified atom stereocenters. The molecule has 64 heavy (non-hydrogen) atoms. The highest BCUT2D eigenvalue weighted by atomic mass is 35.5. The number of rotatable bonds is 8. The molecule has 0 saturated carbocycles. The Morgan fingerprint density at radius 1 is 0.734 bits per heavy atom. The number of hydrogen-bond acceptors (Lipinski definition) is 9. The van der Waals surface area contributed by atoms with Crippen LogP contribution in [0, 0.1) is 30.2 Å². The first-order valence-corrected chi connectivity index (χ1v) is 22.7. The fraction of sp³-hybridized carbons (Fsp3) is 0.375. The van der Waals surface area contributed by atoms with Gasteiger partial charge < -0.3 is 24.8 Å². The molecule has 4 aliphatic rings. The number of nitrogens with zero attached hydrogens (tertiary/aromatic N) is 8. The lowest BCUT2D eigenvalue weighted by atomic mass is 9.95. The molecule has 0 radical (unpaired) electrons. The van der Waals surface area contributed by atoms with Crippen LogP contribution < -0.4 is 20.0 Å². The van der Waals surface area contributed by atoms with Crippen molar-refractivity contribution in [3.8, 4) is 22.4 Å². The zero-order valence-corrected chi connectivity index (χ0v) is 37.1. The molecular formula is C48H49Cl2F4N9O. The van der Waals surface area contributed by atoms with Gasteiger partial charge in [0.1, 0.15) is 23.3 Å². The van der Waals surface area contributed by atoms with E-state index in [1.165, 1.54) is 5.69 Å². The molecule has 0 bridgehead atoms. The molecule has 6 aromatic rings. The number of aromatic nitrogens is 5. The second-order valence-electron chi connectivity index (χ2n) is 16.7. The van der Waals surface area contributed by atoms with E-state index in [0.29, 0.717) is 18.4 Å². The van der Waals surface area contributed by atoms with E-state index in [1.54, 1.807) is 6.20 Å². The maximum atomic E-state index is 14.5. The summed E-state index contributed by atoms with van der Waals surface area (Å²) in [5.41, 5.74) is 9.16. The van der Waals surface area contributed by atoms with Gasteiger partial charge in [0, 0.05) is 79.6 Å². The maximum Gasteiger partial charge on any atom is 0.151 e. The molecule has 1 N–H and O–H groups in total. The minimum atomic E-state index is -0.625. The van der Waals surface area contributed by atoms with E-state index in [9.17, 15) is 17.6 Å². The van der Waals surface area contributed by atoms with Crippen LogP contribution in [0.1, 0.15) is 59.8 Å². The Morgan fingerprint density at radius 2 is 1.38 bits per heavy atom. The number of halogens is 6. The third-order valence-corrected chi connectivity index (χ3v) is 13.4. The van der Waals surface area contributed by atoms with E-state index < -0.39 is 23.3 Å². The van der Waals surface area contributed by atoms with E-state index in [4.69, 9.17) is 37.9 Å². The van der Waals surface area contributed by atoms with Crippen LogP contribution >= 0.6 is 23.2 Å². The van der Waals surface area contributed by atoms with Crippen molar-refractivity contribution < 1.29 is 22.3 Å². The van der Waals surface area contributed by atoms with Crippen molar-refractivity contribution in [2.75, 3.05) is 67.2 Å². The third kappa shape index (κ3) is 9.28. The van der Waals surface area contributed by atoms with Crippen molar-refractivity contribution >= 4 is 40.4 Å². The second-order valence-corrected chi connectivity index (χ2v) is 17.4. The van der Waals surface area contributed by atoms with Crippen molar-refractivity contribution in [1.82, 2.24) is 30.0 Å². The first kappa shape index (κ1) is 43.9. The largest absolute Gasteiger partial charge is 0.378 e. The molecule has 2 saturated heterocycles. The minimum Gasteiger partial charge on any atom is -0.378 e. The summed E-state index contributed by atoms with van der Waals surface area (Å²) in [5, 5.41) is 7.58. The van der Waals surface area contributed by atoms with Gasteiger partial charge >= 0.3 is 0 Å². The van der Waals surface area contributed by atoms with Crippen molar-refractivity contribution in [2.45, 2.75) is 64.6 Å². The summed E-state index contributed by atoms with van der Waals surface area (Å²) >= 11 is 12.2. The first-order valence-electron chi connectivity index (χ1n) is 21.9. The quantitative estimate of drug-likeness (QED) is 0.119. The lowest BCUT2D eigenvalue weighted by Crippen LogP contribution is -2.36. The molecule has 10 rings (SSSR count). The Balaban J connectivity index is 0.000000162. The number of nitrogens with one attached hydrogen (secondary N) is 1. The van der Waals surface area contributed by atoms with Crippen LogP contribution in [0.15, 0.2) is 73.3 Å². The first-order chi connectivity index (χ1) is 31.1. The number of piperidine rings is 1. The molecule has 0 aliphatic carbocycles. The molecular weight excluding hydrogens is 865 g/mol. The average molecular weight is 915 g/mol. The number of benzene rings is 3. The standard InChI is InChI=1S/C26H26ClF2N3O.C22H23ClF2N6/c1-17-20(18-4-2-5-19(14-18)31-10-12-33-13-11-31)15-30-24-6-3-9-32(26(17)24)16-21-22(28)7-8-23(29)25(21)27;23-21-16(17(24)3-4-18(21)25)13-30-9-1-2-19-22(30)29-20(11-27-19)14-10-28-31(12-14)15-5-7-26-8-6-15/h2,4-5,7-8,14-15H,3,6,9-13,16H2,1H3;3-4,10-12,15,26H,1-2,5-9,13H2. The Hall–Kier alpha value is -5.28. The van der Waals surface area contributed by atoms with E-state index in [0.717, 1.165) is 154 Å². The Morgan fingerprint density at radius 3 is 2.09 bits per heavy atom. The molecule has 3 aromatic heterocycles. The van der Waals surface area contributed by atoms with Crippen molar-refractivity contribution in [2.24, 2.45) is 0 Å². The van der Waals surface area contributed by atoms with Crippen LogP contribution in [0.3, 0.4) is 0 Å². The third-order valence-electron chi connectivity index (χ3n) is 12.6.